The maximum Gasteiger partial charge on any atom is 0.0746 e. The molecule has 1 aromatic carbocycles. The van der Waals surface area contributed by atoms with E-state index < -0.39 is 0 Å². The Bertz CT molecular complexity index is 325. The highest BCUT2D eigenvalue weighted by Crippen LogP contribution is 2.12. The molecule has 0 saturated heterocycles. The van der Waals surface area contributed by atoms with E-state index in [0.717, 1.165) is 12.8 Å². The summed E-state index contributed by atoms with van der Waals surface area (Å²) >= 11 is 0. The van der Waals surface area contributed by atoms with Crippen molar-refractivity contribution >= 4 is 0 Å². The molecule has 0 bridgehead atoms. The first-order valence-corrected chi connectivity index (χ1v) is 5.99. The quantitative estimate of drug-likeness (QED) is 0.749. The molecule has 0 aliphatic heterocycles. The highest BCUT2D eigenvalue weighted by atomic mass is 16.3. The van der Waals surface area contributed by atoms with Crippen LogP contribution in [-0.2, 0) is 6.42 Å². The molecule has 1 atom stereocenters. The first-order valence-electron chi connectivity index (χ1n) is 5.99. The van der Waals surface area contributed by atoms with E-state index >= 15 is 0 Å². The third-order valence-electron chi connectivity index (χ3n) is 2.79. The maximum atomic E-state index is 9.72. The van der Waals surface area contributed by atoms with Gasteiger partial charge in [-0.25, -0.2) is 0 Å². The van der Waals surface area contributed by atoms with Gasteiger partial charge in [0.15, 0.2) is 0 Å². The number of aliphatic hydroxyl groups is 1. The van der Waals surface area contributed by atoms with Gasteiger partial charge < -0.3 is 5.11 Å². The molecule has 1 N–H and O–H groups in total. The van der Waals surface area contributed by atoms with E-state index in [1.165, 1.54) is 11.1 Å². The zero-order valence-corrected chi connectivity index (χ0v) is 10.5. The molecular formula is C15H22O. The largest absolute Gasteiger partial charge is 0.389 e. The van der Waals surface area contributed by atoms with Crippen molar-refractivity contribution in [2.45, 2.75) is 39.7 Å². The van der Waals surface area contributed by atoms with Crippen LogP contribution in [0.3, 0.4) is 0 Å². The summed E-state index contributed by atoms with van der Waals surface area (Å²) in [5, 5.41) is 9.72. The minimum Gasteiger partial charge on any atom is -0.389 e. The van der Waals surface area contributed by atoms with Crippen LogP contribution in [0.2, 0.25) is 0 Å². The highest BCUT2D eigenvalue weighted by Gasteiger charge is 2.05. The summed E-state index contributed by atoms with van der Waals surface area (Å²) in [5.41, 5.74) is 2.62. The first kappa shape index (κ1) is 13.0. The number of allylic oxidation sites excluding steroid dienone is 1. The third-order valence-corrected chi connectivity index (χ3v) is 2.79. The van der Waals surface area contributed by atoms with Gasteiger partial charge in [-0.3, -0.25) is 0 Å². The molecule has 0 aromatic heterocycles. The Morgan fingerprint density at radius 2 is 1.88 bits per heavy atom. The van der Waals surface area contributed by atoms with E-state index in [4.69, 9.17) is 0 Å². The molecule has 0 unspecified atom stereocenters. The summed E-state index contributed by atoms with van der Waals surface area (Å²) in [4.78, 5) is 0. The van der Waals surface area contributed by atoms with Crippen LogP contribution in [0.15, 0.2) is 42.0 Å². The Morgan fingerprint density at radius 3 is 2.44 bits per heavy atom. The second-order valence-electron chi connectivity index (χ2n) is 4.73. The molecule has 0 fully saturated rings. The van der Waals surface area contributed by atoms with Gasteiger partial charge in [0.2, 0.25) is 0 Å². The van der Waals surface area contributed by atoms with Crippen LogP contribution in [0, 0.1) is 5.92 Å². The molecule has 0 aliphatic carbocycles. The minimum absolute atomic E-state index is 0.298. The fourth-order valence-corrected chi connectivity index (χ4v) is 1.55. The molecule has 0 amide bonds. The summed E-state index contributed by atoms with van der Waals surface area (Å²) < 4.78 is 0. The third kappa shape index (κ3) is 4.63. The van der Waals surface area contributed by atoms with Crippen molar-refractivity contribution in [1.29, 1.82) is 0 Å². The van der Waals surface area contributed by atoms with Gasteiger partial charge >= 0.3 is 0 Å². The molecule has 0 radical (unpaired) electrons. The Morgan fingerprint density at radius 1 is 1.25 bits per heavy atom. The summed E-state index contributed by atoms with van der Waals surface area (Å²) in [6.45, 7) is 6.16. The molecule has 0 saturated carbocycles. The van der Waals surface area contributed by atoms with Gasteiger partial charge in [0, 0.05) is 0 Å². The van der Waals surface area contributed by atoms with E-state index in [0.29, 0.717) is 5.92 Å². The number of hydrogen-bond donors (Lipinski definition) is 1. The lowest BCUT2D eigenvalue weighted by Crippen LogP contribution is -2.11. The smallest absolute Gasteiger partial charge is 0.0746 e. The number of rotatable bonds is 5. The number of benzene rings is 1. The van der Waals surface area contributed by atoms with Crippen molar-refractivity contribution in [1.82, 2.24) is 0 Å². The SMILES string of the molecule is C/C(=C\[C@H](O)C(C)C)CCc1ccccc1. The van der Waals surface area contributed by atoms with Crippen molar-refractivity contribution in [3.63, 3.8) is 0 Å². The number of hydrogen-bond acceptors (Lipinski definition) is 1. The fraction of sp³-hybridized carbons (Fsp3) is 0.467. The summed E-state index contributed by atoms with van der Waals surface area (Å²) in [7, 11) is 0. The van der Waals surface area contributed by atoms with Crippen LogP contribution in [0.5, 0.6) is 0 Å². The number of aryl methyl sites for hydroxylation is 1. The molecule has 1 rings (SSSR count). The lowest BCUT2D eigenvalue weighted by Gasteiger charge is -2.11. The van der Waals surface area contributed by atoms with Gasteiger partial charge in [-0.05, 0) is 31.2 Å². The van der Waals surface area contributed by atoms with Crippen molar-refractivity contribution in [3.8, 4) is 0 Å². The maximum absolute atomic E-state index is 9.72. The fourth-order valence-electron chi connectivity index (χ4n) is 1.55. The molecule has 0 spiro atoms. The van der Waals surface area contributed by atoms with E-state index in [-0.39, 0.29) is 6.10 Å². The zero-order valence-electron chi connectivity index (χ0n) is 10.5. The van der Waals surface area contributed by atoms with Crippen LogP contribution in [-0.4, -0.2) is 11.2 Å². The van der Waals surface area contributed by atoms with Crippen LogP contribution in [0.1, 0.15) is 32.8 Å². The summed E-state index contributed by atoms with van der Waals surface area (Å²) in [6, 6.07) is 10.5. The van der Waals surface area contributed by atoms with Gasteiger partial charge in [-0.1, -0.05) is 55.8 Å². The Kier molecular flexibility index (Phi) is 5.27. The van der Waals surface area contributed by atoms with Crippen molar-refractivity contribution in [3.05, 3.63) is 47.5 Å². The van der Waals surface area contributed by atoms with E-state index in [1.807, 2.05) is 26.0 Å². The van der Waals surface area contributed by atoms with Crippen LogP contribution in [0.4, 0.5) is 0 Å². The first-order chi connectivity index (χ1) is 7.59. The van der Waals surface area contributed by atoms with Gasteiger partial charge in [-0.15, -0.1) is 0 Å². The lowest BCUT2D eigenvalue weighted by atomic mass is 10.0. The predicted molar refractivity (Wildman–Crippen MR) is 69.4 cm³/mol. The van der Waals surface area contributed by atoms with Gasteiger partial charge in [-0.2, -0.15) is 0 Å². The van der Waals surface area contributed by atoms with E-state index in [2.05, 4.69) is 31.2 Å². The Hall–Kier alpha value is -1.08. The standard InChI is InChI=1S/C15H22O/c1-12(2)15(16)11-13(3)9-10-14-7-5-4-6-8-14/h4-8,11-12,15-16H,9-10H2,1-3H3/b13-11+/t15-/m0/s1. The second kappa shape index (κ2) is 6.49. The molecule has 0 heterocycles. The minimum atomic E-state index is -0.309. The normalized spacial score (nSPS) is 14.2. The Balaban J connectivity index is 2.44. The Labute approximate surface area is 98.8 Å². The summed E-state index contributed by atoms with van der Waals surface area (Å²) in [5.74, 6) is 0.298. The summed E-state index contributed by atoms with van der Waals surface area (Å²) in [6.07, 6.45) is 3.74. The second-order valence-corrected chi connectivity index (χ2v) is 4.73. The van der Waals surface area contributed by atoms with Gasteiger partial charge in [0.25, 0.3) is 0 Å². The van der Waals surface area contributed by atoms with Gasteiger partial charge in [0.05, 0.1) is 6.10 Å². The highest BCUT2D eigenvalue weighted by molar-refractivity contribution is 5.16. The predicted octanol–water partition coefficient (Wildman–Crippen LogP) is 3.58. The molecule has 1 nitrogen and oxygen atoms in total. The van der Waals surface area contributed by atoms with E-state index in [9.17, 15) is 5.11 Å². The van der Waals surface area contributed by atoms with E-state index in [1.54, 1.807) is 0 Å². The van der Waals surface area contributed by atoms with Crippen molar-refractivity contribution in [2.75, 3.05) is 0 Å². The lowest BCUT2D eigenvalue weighted by molar-refractivity contribution is 0.171. The average Bonchev–Trinajstić information content (AvgIpc) is 2.27. The average molecular weight is 218 g/mol. The van der Waals surface area contributed by atoms with Crippen molar-refractivity contribution in [2.24, 2.45) is 5.92 Å². The molecule has 0 aliphatic rings. The van der Waals surface area contributed by atoms with Crippen LogP contribution < -0.4 is 0 Å². The van der Waals surface area contributed by atoms with Crippen LogP contribution >= 0.6 is 0 Å². The molecule has 88 valence electrons. The van der Waals surface area contributed by atoms with Gasteiger partial charge in [0.1, 0.15) is 0 Å². The number of aliphatic hydroxyl groups excluding tert-OH is 1. The zero-order chi connectivity index (χ0) is 12.0. The molecule has 1 heteroatoms. The monoisotopic (exact) mass is 218 g/mol. The van der Waals surface area contributed by atoms with Crippen molar-refractivity contribution < 1.29 is 5.11 Å². The molecular weight excluding hydrogens is 196 g/mol. The molecule has 16 heavy (non-hydrogen) atoms. The molecule has 1 aromatic rings. The van der Waals surface area contributed by atoms with Crippen LogP contribution in [0.25, 0.3) is 0 Å². The topological polar surface area (TPSA) is 20.2 Å².